The zero-order chi connectivity index (χ0) is 20.7. The molecule has 0 atom stereocenters. The van der Waals surface area contributed by atoms with Gasteiger partial charge in [-0.1, -0.05) is 29.3 Å². The van der Waals surface area contributed by atoms with E-state index in [1.165, 1.54) is 0 Å². The summed E-state index contributed by atoms with van der Waals surface area (Å²) in [7, 11) is 0. The van der Waals surface area contributed by atoms with Gasteiger partial charge >= 0.3 is 0 Å². The lowest BCUT2D eigenvalue weighted by atomic mass is 10.1. The van der Waals surface area contributed by atoms with E-state index in [0.29, 0.717) is 10.6 Å². The van der Waals surface area contributed by atoms with Gasteiger partial charge in [0.1, 0.15) is 5.82 Å². The normalized spacial score (nSPS) is 13.3. The molecule has 0 fully saturated rings. The minimum Gasteiger partial charge on any atom is -0.362 e. The van der Waals surface area contributed by atoms with Crippen molar-refractivity contribution in [2.24, 2.45) is 0 Å². The van der Waals surface area contributed by atoms with Crippen LogP contribution >= 0.6 is 11.6 Å². The number of nitrogens with one attached hydrogen (secondary N) is 1. The van der Waals surface area contributed by atoms with Crippen LogP contribution in [0.4, 0.5) is 11.4 Å². The Morgan fingerprint density at radius 2 is 1.87 bits per heavy atom. The van der Waals surface area contributed by atoms with Crippen molar-refractivity contribution in [1.82, 2.24) is 9.55 Å². The second kappa shape index (κ2) is 7.50. The highest BCUT2D eigenvalue weighted by atomic mass is 35.5. The summed E-state index contributed by atoms with van der Waals surface area (Å²) in [6.45, 7) is 4.49. The third kappa shape index (κ3) is 3.53. The van der Waals surface area contributed by atoms with Crippen LogP contribution in [-0.4, -0.2) is 22.0 Å². The van der Waals surface area contributed by atoms with Crippen LogP contribution in [0.2, 0.25) is 5.02 Å². The molecule has 0 bridgehead atoms. The van der Waals surface area contributed by atoms with E-state index in [0.717, 1.165) is 53.4 Å². The van der Waals surface area contributed by atoms with E-state index in [-0.39, 0.29) is 5.91 Å². The maximum absolute atomic E-state index is 12.5. The van der Waals surface area contributed by atoms with Crippen LogP contribution in [0.1, 0.15) is 21.7 Å². The molecule has 1 aliphatic rings. The fraction of sp³-hybridized carbons (Fsp3) is 0.167. The Morgan fingerprint density at radius 3 is 2.67 bits per heavy atom. The Morgan fingerprint density at radius 1 is 1.03 bits per heavy atom. The molecule has 4 aromatic rings. The molecule has 5 rings (SSSR count). The van der Waals surface area contributed by atoms with Gasteiger partial charge in [0.05, 0.1) is 17.6 Å². The van der Waals surface area contributed by atoms with E-state index >= 15 is 0 Å². The van der Waals surface area contributed by atoms with Crippen LogP contribution in [0, 0.1) is 6.92 Å². The molecule has 0 saturated heterocycles. The lowest BCUT2D eigenvalue weighted by molar-refractivity contribution is 0.102. The molecule has 0 spiro atoms. The number of carbonyl (C=O) groups is 1. The second-order valence-electron chi connectivity index (χ2n) is 7.60. The zero-order valence-corrected chi connectivity index (χ0v) is 17.4. The number of amides is 1. The van der Waals surface area contributed by atoms with E-state index in [4.69, 9.17) is 16.6 Å². The Labute approximate surface area is 179 Å². The van der Waals surface area contributed by atoms with Gasteiger partial charge in [-0.3, -0.25) is 4.79 Å². The standard InChI is InChI=1S/C24H21ClN4O/c1-16-3-2-4-17(13-16)24(30)26-19-6-8-20(9-7-19)28-11-12-29-22-10-5-18(25)14-21(22)27-23(29)15-28/h2-10,13-14H,11-12,15H2,1H3,(H,26,30). The summed E-state index contributed by atoms with van der Waals surface area (Å²) < 4.78 is 2.26. The molecule has 0 radical (unpaired) electrons. The minimum absolute atomic E-state index is 0.100. The summed E-state index contributed by atoms with van der Waals surface area (Å²) in [6, 6.07) is 21.4. The number of imidazole rings is 1. The SMILES string of the molecule is Cc1cccc(C(=O)Nc2ccc(N3CCn4c(nc5cc(Cl)ccc54)C3)cc2)c1. The largest absolute Gasteiger partial charge is 0.362 e. The molecule has 2 heterocycles. The number of anilines is 2. The van der Waals surface area contributed by atoms with Gasteiger partial charge in [-0.2, -0.15) is 0 Å². The Bertz CT molecular complexity index is 1250. The number of nitrogens with zero attached hydrogens (tertiary/aromatic N) is 3. The van der Waals surface area contributed by atoms with Gasteiger partial charge in [-0.05, 0) is 61.5 Å². The van der Waals surface area contributed by atoms with Crippen molar-refractivity contribution in [1.29, 1.82) is 0 Å². The van der Waals surface area contributed by atoms with Crippen LogP contribution in [-0.2, 0) is 13.1 Å². The highest BCUT2D eigenvalue weighted by Crippen LogP contribution is 2.27. The molecule has 0 unspecified atom stereocenters. The van der Waals surface area contributed by atoms with E-state index in [1.54, 1.807) is 0 Å². The van der Waals surface area contributed by atoms with Crippen LogP contribution in [0.15, 0.2) is 66.7 Å². The fourth-order valence-corrected chi connectivity index (χ4v) is 4.13. The maximum Gasteiger partial charge on any atom is 0.255 e. The number of benzene rings is 3. The third-order valence-corrected chi connectivity index (χ3v) is 5.72. The number of hydrogen-bond donors (Lipinski definition) is 1. The Hall–Kier alpha value is -3.31. The predicted octanol–water partition coefficient (Wildman–Crippen LogP) is 5.27. The fourth-order valence-electron chi connectivity index (χ4n) is 3.96. The van der Waals surface area contributed by atoms with E-state index in [2.05, 4.69) is 14.8 Å². The monoisotopic (exact) mass is 416 g/mol. The molecule has 0 aliphatic carbocycles. The average Bonchev–Trinajstić information content (AvgIpc) is 3.10. The number of rotatable bonds is 3. The van der Waals surface area contributed by atoms with E-state index in [1.807, 2.05) is 73.7 Å². The summed E-state index contributed by atoms with van der Waals surface area (Å²) in [5, 5.41) is 3.67. The number of aromatic nitrogens is 2. The molecular formula is C24H21ClN4O. The highest BCUT2D eigenvalue weighted by molar-refractivity contribution is 6.31. The lowest BCUT2D eigenvalue weighted by Gasteiger charge is -2.30. The first-order chi connectivity index (χ1) is 14.6. The molecule has 5 nitrogen and oxygen atoms in total. The van der Waals surface area contributed by atoms with E-state index < -0.39 is 0 Å². The lowest BCUT2D eigenvalue weighted by Crippen LogP contribution is -2.33. The number of fused-ring (bicyclic) bond motifs is 3. The van der Waals surface area contributed by atoms with Crippen molar-refractivity contribution in [3.8, 4) is 0 Å². The van der Waals surface area contributed by atoms with Crippen molar-refractivity contribution in [2.75, 3.05) is 16.8 Å². The predicted molar refractivity (Wildman–Crippen MR) is 121 cm³/mol. The van der Waals surface area contributed by atoms with Gasteiger partial charge in [0.15, 0.2) is 0 Å². The Kier molecular flexibility index (Phi) is 4.68. The number of halogens is 1. The van der Waals surface area contributed by atoms with Crippen molar-refractivity contribution < 1.29 is 4.79 Å². The maximum atomic E-state index is 12.5. The summed E-state index contributed by atoms with van der Waals surface area (Å²) in [5.74, 6) is 0.937. The zero-order valence-electron chi connectivity index (χ0n) is 16.6. The quantitative estimate of drug-likeness (QED) is 0.495. The molecule has 1 aromatic heterocycles. The van der Waals surface area contributed by atoms with Crippen molar-refractivity contribution in [3.05, 3.63) is 88.7 Å². The molecule has 0 saturated carbocycles. The van der Waals surface area contributed by atoms with Crippen molar-refractivity contribution in [3.63, 3.8) is 0 Å². The molecule has 6 heteroatoms. The summed E-state index contributed by atoms with van der Waals surface area (Å²) in [4.78, 5) is 19.5. The van der Waals surface area contributed by atoms with Crippen LogP contribution in [0.5, 0.6) is 0 Å². The molecule has 150 valence electrons. The molecular weight excluding hydrogens is 396 g/mol. The Balaban J connectivity index is 1.31. The van der Waals surface area contributed by atoms with Crippen LogP contribution < -0.4 is 10.2 Å². The van der Waals surface area contributed by atoms with Crippen LogP contribution in [0.3, 0.4) is 0 Å². The average molecular weight is 417 g/mol. The van der Waals surface area contributed by atoms with Gasteiger partial charge < -0.3 is 14.8 Å². The molecule has 1 N–H and O–H groups in total. The topological polar surface area (TPSA) is 50.2 Å². The smallest absolute Gasteiger partial charge is 0.255 e. The minimum atomic E-state index is -0.100. The van der Waals surface area contributed by atoms with Crippen molar-refractivity contribution in [2.45, 2.75) is 20.0 Å². The second-order valence-corrected chi connectivity index (χ2v) is 8.04. The summed E-state index contributed by atoms with van der Waals surface area (Å²) in [5.41, 5.74) is 5.69. The highest BCUT2D eigenvalue weighted by Gasteiger charge is 2.20. The first-order valence-electron chi connectivity index (χ1n) is 9.94. The molecule has 1 amide bonds. The molecule has 1 aliphatic heterocycles. The van der Waals surface area contributed by atoms with Crippen molar-refractivity contribution >= 4 is 39.9 Å². The van der Waals surface area contributed by atoms with Gasteiger partial charge in [0.25, 0.3) is 5.91 Å². The third-order valence-electron chi connectivity index (χ3n) is 5.49. The van der Waals surface area contributed by atoms with Gasteiger partial charge in [0.2, 0.25) is 0 Å². The first-order valence-corrected chi connectivity index (χ1v) is 10.3. The molecule has 30 heavy (non-hydrogen) atoms. The van der Waals surface area contributed by atoms with Gasteiger partial charge in [-0.15, -0.1) is 0 Å². The first kappa shape index (κ1) is 18.7. The van der Waals surface area contributed by atoms with Gasteiger partial charge in [0, 0.05) is 35.1 Å². The summed E-state index contributed by atoms with van der Waals surface area (Å²) in [6.07, 6.45) is 0. The molecule has 3 aromatic carbocycles. The summed E-state index contributed by atoms with van der Waals surface area (Å²) >= 11 is 6.11. The van der Waals surface area contributed by atoms with Crippen LogP contribution in [0.25, 0.3) is 11.0 Å². The van der Waals surface area contributed by atoms with Gasteiger partial charge in [-0.25, -0.2) is 4.98 Å². The number of carbonyl (C=O) groups excluding carboxylic acids is 1. The number of aryl methyl sites for hydroxylation is 1. The number of hydrogen-bond acceptors (Lipinski definition) is 3. The van der Waals surface area contributed by atoms with E-state index in [9.17, 15) is 4.79 Å².